The van der Waals surface area contributed by atoms with Crippen LogP contribution in [-0.2, 0) is 6.54 Å². The first-order valence-electron chi connectivity index (χ1n) is 4.70. The molecule has 0 fully saturated rings. The number of aromatic nitrogens is 2. The van der Waals surface area contributed by atoms with Crippen molar-refractivity contribution in [1.29, 1.82) is 0 Å². The minimum Gasteiger partial charge on any atom is -0.372 e. The highest BCUT2D eigenvalue weighted by Gasteiger charge is 2.18. The van der Waals surface area contributed by atoms with E-state index in [0.717, 1.165) is 18.5 Å². The van der Waals surface area contributed by atoms with Crippen molar-refractivity contribution in [1.82, 2.24) is 10.1 Å². The molecule has 1 N–H and O–H groups in total. The fourth-order valence-corrected chi connectivity index (χ4v) is 1.44. The van der Waals surface area contributed by atoms with Crippen LogP contribution in [0.1, 0.15) is 5.82 Å². The minimum absolute atomic E-state index is 0.0798. The molecule has 0 unspecified atom stereocenters. The van der Waals surface area contributed by atoms with Crippen LogP contribution >= 0.6 is 11.6 Å². The van der Waals surface area contributed by atoms with Gasteiger partial charge >= 0.3 is 0 Å². The third kappa shape index (κ3) is 2.54. The topological polar surface area (TPSA) is 94.1 Å². The summed E-state index contributed by atoms with van der Waals surface area (Å²) < 4.78 is 17.6. The van der Waals surface area contributed by atoms with Crippen LogP contribution in [0.2, 0.25) is 5.02 Å². The van der Waals surface area contributed by atoms with Crippen molar-refractivity contribution in [3.63, 3.8) is 0 Å². The standard InChI is InChI=1S/C9H6ClFN4O3/c10-5-1-7(8(15(16)17)2-6(5)11)12-3-9-13-4-18-14-9/h1-2,4,12H,3H2. The molecule has 0 radical (unpaired) electrons. The Kier molecular flexibility index (Phi) is 3.38. The van der Waals surface area contributed by atoms with Gasteiger partial charge in [0.2, 0.25) is 6.39 Å². The van der Waals surface area contributed by atoms with Gasteiger partial charge in [-0.05, 0) is 6.07 Å². The largest absolute Gasteiger partial charge is 0.372 e. The van der Waals surface area contributed by atoms with Gasteiger partial charge in [-0.3, -0.25) is 10.1 Å². The maximum Gasteiger partial charge on any atom is 0.295 e. The van der Waals surface area contributed by atoms with Crippen molar-refractivity contribution in [2.75, 3.05) is 5.32 Å². The van der Waals surface area contributed by atoms with E-state index in [-0.39, 0.29) is 17.3 Å². The number of hydrogen-bond donors (Lipinski definition) is 1. The number of hydrogen-bond acceptors (Lipinski definition) is 6. The highest BCUT2D eigenvalue weighted by Crippen LogP contribution is 2.30. The summed E-state index contributed by atoms with van der Waals surface area (Å²) in [6, 6.07) is 1.88. The lowest BCUT2D eigenvalue weighted by Crippen LogP contribution is -2.04. The average molecular weight is 273 g/mol. The van der Waals surface area contributed by atoms with Crippen LogP contribution in [-0.4, -0.2) is 15.1 Å². The summed E-state index contributed by atoms with van der Waals surface area (Å²) in [6.07, 6.45) is 1.13. The van der Waals surface area contributed by atoms with Gasteiger partial charge < -0.3 is 9.84 Å². The molecule has 0 spiro atoms. The van der Waals surface area contributed by atoms with E-state index in [4.69, 9.17) is 11.6 Å². The maximum atomic E-state index is 13.1. The van der Waals surface area contributed by atoms with Crippen LogP contribution in [0.25, 0.3) is 0 Å². The third-order valence-corrected chi connectivity index (χ3v) is 2.37. The Bertz CT molecular complexity index is 575. The summed E-state index contributed by atoms with van der Waals surface area (Å²) in [5, 5.41) is 16.7. The quantitative estimate of drug-likeness (QED) is 0.678. The van der Waals surface area contributed by atoms with E-state index < -0.39 is 16.4 Å². The fraction of sp³-hybridized carbons (Fsp3) is 0.111. The van der Waals surface area contributed by atoms with Gasteiger partial charge in [0, 0.05) is 0 Å². The van der Waals surface area contributed by atoms with Crippen LogP contribution in [0, 0.1) is 15.9 Å². The van der Waals surface area contributed by atoms with E-state index in [1.807, 2.05) is 0 Å². The number of nitro groups is 1. The minimum atomic E-state index is -0.853. The van der Waals surface area contributed by atoms with Gasteiger partial charge in [-0.1, -0.05) is 16.8 Å². The lowest BCUT2D eigenvalue weighted by atomic mass is 10.2. The molecule has 0 aliphatic carbocycles. The van der Waals surface area contributed by atoms with Crippen molar-refractivity contribution in [2.45, 2.75) is 6.54 Å². The fourth-order valence-electron chi connectivity index (χ4n) is 1.27. The van der Waals surface area contributed by atoms with Crippen molar-refractivity contribution in [3.05, 3.63) is 45.3 Å². The third-order valence-electron chi connectivity index (χ3n) is 2.08. The Labute approximate surface area is 105 Å². The molecule has 0 aliphatic heterocycles. The van der Waals surface area contributed by atoms with E-state index in [1.165, 1.54) is 0 Å². The van der Waals surface area contributed by atoms with Gasteiger partial charge in [-0.25, -0.2) is 4.39 Å². The highest BCUT2D eigenvalue weighted by atomic mass is 35.5. The number of benzene rings is 1. The number of nitrogens with one attached hydrogen (secondary N) is 1. The number of nitro benzene ring substituents is 1. The molecule has 0 saturated carbocycles. The van der Waals surface area contributed by atoms with E-state index in [2.05, 4.69) is 20.0 Å². The van der Waals surface area contributed by atoms with Crippen molar-refractivity contribution < 1.29 is 13.8 Å². The molecule has 0 amide bonds. The number of halogens is 2. The second kappa shape index (κ2) is 4.96. The first-order chi connectivity index (χ1) is 8.58. The zero-order chi connectivity index (χ0) is 13.1. The highest BCUT2D eigenvalue weighted by molar-refractivity contribution is 6.31. The summed E-state index contributed by atoms with van der Waals surface area (Å²) in [5.41, 5.74) is -0.336. The van der Waals surface area contributed by atoms with Crippen molar-refractivity contribution in [3.8, 4) is 0 Å². The van der Waals surface area contributed by atoms with E-state index in [9.17, 15) is 14.5 Å². The predicted octanol–water partition coefficient (Wildman–Crippen LogP) is 2.38. The summed E-state index contributed by atoms with van der Waals surface area (Å²) >= 11 is 5.56. The zero-order valence-electron chi connectivity index (χ0n) is 8.76. The second-order valence-corrected chi connectivity index (χ2v) is 3.65. The first kappa shape index (κ1) is 12.2. The van der Waals surface area contributed by atoms with Crippen molar-refractivity contribution >= 4 is 23.0 Å². The Morgan fingerprint density at radius 2 is 2.33 bits per heavy atom. The van der Waals surface area contributed by atoms with Gasteiger partial charge in [0.15, 0.2) is 5.82 Å². The molecule has 1 aromatic heterocycles. The lowest BCUT2D eigenvalue weighted by molar-refractivity contribution is -0.384. The van der Waals surface area contributed by atoms with Crippen LogP contribution < -0.4 is 5.32 Å². The SMILES string of the molecule is O=[N+]([O-])c1cc(F)c(Cl)cc1NCc1ncon1. The molecule has 1 aromatic carbocycles. The molecule has 9 heteroatoms. The molecule has 94 valence electrons. The monoisotopic (exact) mass is 272 g/mol. The molecule has 1 heterocycles. The molecule has 0 saturated heterocycles. The Morgan fingerprint density at radius 1 is 1.56 bits per heavy atom. The van der Waals surface area contributed by atoms with Crippen LogP contribution in [0.5, 0.6) is 0 Å². The molecular weight excluding hydrogens is 267 g/mol. The van der Waals surface area contributed by atoms with E-state index in [0.29, 0.717) is 5.82 Å². The van der Waals surface area contributed by atoms with Crippen LogP contribution in [0.3, 0.4) is 0 Å². The molecule has 0 bridgehead atoms. The van der Waals surface area contributed by atoms with Crippen molar-refractivity contribution in [2.24, 2.45) is 0 Å². The molecule has 2 rings (SSSR count). The van der Waals surface area contributed by atoms with E-state index in [1.54, 1.807) is 0 Å². The molecule has 0 aliphatic rings. The molecular formula is C9H6ClFN4O3. The number of rotatable bonds is 4. The second-order valence-electron chi connectivity index (χ2n) is 3.24. The molecule has 0 atom stereocenters. The first-order valence-corrected chi connectivity index (χ1v) is 5.08. The normalized spacial score (nSPS) is 10.3. The van der Waals surface area contributed by atoms with Gasteiger partial charge in [0.25, 0.3) is 5.69 Å². The summed E-state index contributed by atoms with van der Waals surface area (Å²) in [5.74, 6) is -0.543. The zero-order valence-corrected chi connectivity index (χ0v) is 9.52. The number of anilines is 1. The lowest BCUT2D eigenvalue weighted by Gasteiger charge is -2.05. The van der Waals surface area contributed by atoms with Crippen LogP contribution in [0.4, 0.5) is 15.8 Å². The smallest absolute Gasteiger partial charge is 0.295 e. The van der Waals surface area contributed by atoms with Gasteiger partial charge in [0.1, 0.15) is 11.5 Å². The molecule has 7 nitrogen and oxygen atoms in total. The van der Waals surface area contributed by atoms with Gasteiger partial charge in [-0.2, -0.15) is 4.98 Å². The van der Waals surface area contributed by atoms with Gasteiger partial charge in [0.05, 0.1) is 22.6 Å². The average Bonchev–Trinajstić information content (AvgIpc) is 2.83. The van der Waals surface area contributed by atoms with Crippen LogP contribution in [0.15, 0.2) is 23.0 Å². The molecule has 18 heavy (non-hydrogen) atoms. The Morgan fingerprint density at radius 3 is 2.94 bits per heavy atom. The Hall–Kier alpha value is -2.22. The van der Waals surface area contributed by atoms with Gasteiger partial charge in [-0.15, -0.1) is 0 Å². The summed E-state index contributed by atoms with van der Waals surface area (Å²) in [4.78, 5) is 13.8. The number of nitrogens with zero attached hydrogens (tertiary/aromatic N) is 3. The Balaban J connectivity index is 2.25. The maximum absolute atomic E-state index is 13.1. The predicted molar refractivity (Wildman–Crippen MR) is 59.7 cm³/mol. The van der Waals surface area contributed by atoms with E-state index >= 15 is 0 Å². The molecule has 2 aromatic rings. The summed E-state index contributed by atoms with van der Waals surface area (Å²) in [7, 11) is 0. The summed E-state index contributed by atoms with van der Waals surface area (Å²) in [6.45, 7) is 0.0965.